The third-order valence-electron chi connectivity index (χ3n) is 2.29. The predicted molar refractivity (Wildman–Crippen MR) is 79.7 cm³/mol. The second-order valence-corrected chi connectivity index (χ2v) is 4.76. The highest BCUT2D eigenvalue weighted by Gasteiger charge is 2.08. The topological polar surface area (TPSA) is 80.5 Å². The van der Waals surface area contributed by atoms with Crippen LogP contribution in [0.1, 0.15) is 13.8 Å². The van der Waals surface area contributed by atoms with E-state index in [1.807, 2.05) is 44.2 Å². The molecule has 0 spiro atoms. The van der Waals surface area contributed by atoms with E-state index in [1.165, 1.54) is 18.1 Å². The van der Waals surface area contributed by atoms with E-state index >= 15 is 0 Å². The Balaban J connectivity index is 2.31. The molecular formula is C13H15N5S. The molecule has 0 saturated carbocycles. The van der Waals surface area contributed by atoms with Crippen LogP contribution in [-0.4, -0.2) is 19.9 Å². The van der Waals surface area contributed by atoms with Crippen molar-refractivity contribution in [1.29, 1.82) is 0 Å². The van der Waals surface area contributed by atoms with Crippen LogP contribution in [-0.2, 0) is 0 Å². The molecule has 0 amide bonds. The first-order chi connectivity index (χ1) is 9.24. The summed E-state index contributed by atoms with van der Waals surface area (Å²) in [6.45, 7) is 3.96. The monoisotopic (exact) mass is 273 g/mol. The number of thioether (sulfide) groups is 1. The van der Waals surface area contributed by atoms with Crippen molar-refractivity contribution in [2.24, 2.45) is 0 Å². The van der Waals surface area contributed by atoms with Crippen LogP contribution in [0.2, 0.25) is 0 Å². The van der Waals surface area contributed by atoms with E-state index in [-0.39, 0.29) is 0 Å². The molecule has 2 rings (SSSR count). The molecule has 0 aliphatic carbocycles. The minimum Gasteiger partial charge on any atom is -0.382 e. The fraction of sp³-hybridized carbons (Fsp3) is 0.154. The minimum absolute atomic E-state index is 0.411. The molecule has 0 aliphatic heterocycles. The molecule has 5 nitrogen and oxygen atoms in total. The zero-order valence-electron chi connectivity index (χ0n) is 10.8. The Kier molecular flexibility index (Phi) is 4.35. The summed E-state index contributed by atoms with van der Waals surface area (Å²) in [7, 11) is 0. The summed E-state index contributed by atoms with van der Waals surface area (Å²) in [4.78, 5) is 16.6. The van der Waals surface area contributed by atoms with Crippen LogP contribution in [0.25, 0.3) is 11.2 Å². The average molecular weight is 273 g/mol. The van der Waals surface area contributed by atoms with Crippen LogP contribution in [0.3, 0.4) is 0 Å². The third kappa shape index (κ3) is 3.23. The number of aromatic amines is 1. The molecule has 0 aliphatic rings. The number of nitrogen functional groups attached to an aromatic ring is 1. The molecule has 2 aromatic rings. The number of aromatic nitrogens is 4. The maximum Gasteiger partial charge on any atom is 0.183 e. The quantitative estimate of drug-likeness (QED) is 0.661. The Morgan fingerprint density at radius 3 is 2.84 bits per heavy atom. The summed E-state index contributed by atoms with van der Waals surface area (Å²) in [5.74, 6) is 0.411. The maximum atomic E-state index is 5.77. The number of hydrogen-bond acceptors (Lipinski definition) is 5. The number of anilines is 1. The van der Waals surface area contributed by atoms with Crippen molar-refractivity contribution in [3.05, 3.63) is 41.6 Å². The van der Waals surface area contributed by atoms with Gasteiger partial charge in [-0.15, -0.1) is 0 Å². The lowest BCUT2D eigenvalue weighted by Crippen LogP contribution is -1.91. The first-order valence-electron chi connectivity index (χ1n) is 5.84. The number of nitrogens with one attached hydrogen (secondary N) is 1. The number of nitrogens with zero attached hydrogens (tertiary/aromatic N) is 3. The van der Waals surface area contributed by atoms with Gasteiger partial charge in [0.2, 0.25) is 0 Å². The van der Waals surface area contributed by atoms with Gasteiger partial charge >= 0.3 is 0 Å². The third-order valence-corrected chi connectivity index (χ3v) is 3.19. The van der Waals surface area contributed by atoms with Gasteiger partial charge in [-0.2, -0.15) is 0 Å². The number of H-pyrrole nitrogens is 1. The Morgan fingerprint density at radius 1 is 1.32 bits per heavy atom. The molecule has 0 bridgehead atoms. The standard InChI is InChI=1S/C13H15N5S/c1-3-5-7-9(6-4-2)19-13-17-10-11(14)15-8-16-12(10)18-13/h3-8H,1-2H3,(H3,14,15,16,17,18)/b5-3-,6-4-,9-7+. The fourth-order valence-electron chi connectivity index (χ4n) is 1.46. The number of hydrogen-bond donors (Lipinski definition) is 2. The summed E-state index contributed by atoms with van der Waals surface area (Å²) >= 11 is 1.52. The SMILES string of the molecule is C\C=C/C=C(\C=C/C)Sc1nc2ncnc(N)c2[nH]1. The summed E-state index contributed by atoms with van der Waals surface area (Å²) in [6, 6.07) is 0. The zero-order chi connectivity index (χ0) is 13.7. The van der Waals surface area contributed by atoms with Crippen molar-refractivity contribution in [1.82, 2.24) is 19.9 Å². The van der Waals surface area contributed by atoms with Crippen molar-refractivity contribution < 1.29 is 0 Å². The lowest BCUT2D eigenvalue weighted by Gasteiger charge is -1.96. The van der Waals surface area contributed by atoms with Crippen LogP contribution in [0, 0.1) is 0 Å². The number of fused-ring (bicyclic) bond motifs is 1. The van der Waals surface area contributed by atoms with Gasteiger partial charge < -0.3 is 10.7 Å². The first kappa shape index (κ1) is 13.4. The van der Waals surface area contributed by atoms with E-state index in [2.05, 4.69) is 19.9 Å². The van der Waals surface area contributed by atoms with Crippen molar-refractivity contribution in [3.63, 3.8) is 0 Å². The Bertz CT molecular complexity index is 654. The number of rotatable bonds is 4. The molecule has 3 N–H and O–H groups in total. The van der Waals surface area contributed by atoms with Crippen LogP contribution < -0.4 is 5.73 Å². The highest BCUT2D eigenvalue weighted by atomic mass is 32.2. The highest BCUT2D eigenvalue weighted by Crippen LogP contribution is 2.27. The van der Waals surface area contributed by atoms with Crippen molar-refractivity contribution >= 4 is 28.7 Å². The molecule has 0 fully saturated rings. The molecule has 0 aromatic carbocycles. The molecule has 0 saturated heterocycles. The fourth-order valence-corrected chi connectivity index (χ4v) is 2.32. The van der Waals surface area contributed by atoms with E-state index in [0.717, 1.165) is 10.1 Å². The van der Waals surface area contributed by atoms with Gasteiger partial charge in [-0.1, -0.05) is 36.1 Å². The second kappa shape index (κ2) is 6.19. The van der Waals surface area contributed by atoms with E-state index in [0.29, 0.717) is 17.0 Å². The highest BCUT2D eigenvalue weighted by molar-refractivity contribution is 8.03. The summed E-state index contributed by atoms with van der Waals surface area (Å²) in [6.07, 6.45) is 11.4. The van der Waals surface area contributed by atoms with Gasteiger partial charge in [0.25, 0.3) is 0 Å². The molecule has 98 valence electrons. The first-order valence-corrected chi connectivity index (χ1v) is 6.66. The van der Waals surface area contributed by atoms with E-state index in [1.54, 1.807) is 0 Å². The average Bonchev–Trinajstić information content (AvgIpc) is 2.80. The Morgan fingerprint density at radius 2 is 2.16 bits per heavy atom. The molecule has 0 unspecified atom stereocenters. The van der Waals surface area contributed by atoms with Gasteiger partial charge in [0, 0.05) is 4.91 Å². The normalized spacial score (nSPS) is 13.1. The zero-order valence-corrected chi connectivity index (χ0v) is 11.6. The lowest BCUT2D eigenvalue weighted by molar-refractivity contribution is 1.08. The summed E-state index contributed by atoms with van der Waals surface area (Å²) < 4.78 is 0. The lowest BCUT2D eigenvalue weighted by atomic mass is 10.4. The van der Waals surface area contributed by atoms with Crippen LogP contribution in [0.5, 0.6) is 0 Å². The van der Waals surface area contributed by atoms with Gasteiger partial charge in [-0.25, -0.2) is 15.0 Å². The van der Waals surface area contributed by atoms with Crippen molar-refractivity contribution in [2.75, 3.05) is 5.73 Å². The van der Waals surface area contributed by atoms with Gasteiger partial charge in [0.15, 0.2) is 16.6 Å². The van der Waals surface area contributed by atoms with E-state index in [4.69, 9.17) is 5.73 Å². The second-order valence-electron chi connectivity index (χ2n) is 3.70. The van der Waals surface area contributed by atoms with E-state index in [9.17, 15) is 0 Å². The summed E-state index contributed by atoms with van der Waals surface area (Å²) in [5.41, 5.74) is 7.03. The molecule has 0 radical (unpaired) electrons. The Hall–Kier alpha value is -2.08. The minimum atomic E-state index is 0.411. The van der Waals surface area contributed by atoms with Crippen molar-refractivity contribution in [3.8, 4) is 0 Å². The smallest absolute Gasteiger partial charge is 0.183 e. The number of imidazole rings is 1. The van der Waals surface area contributed by atoms with E-state index < -0.39 is 0 Å². The van der Waals surface area contributed by atoms with Gasteiger partial charge in [0.05, 0.1) is 0 Å². The van der Waals surface area contributed by atoms with Gasteiger partial charge in [-0.05, 0) is 19.9 Å². The molecule has 6 heteroatoms. The Labute approximate surface area is 115 Å². The molecule has 0 atom stereocenters. The molecule has 19 heavy (non-hydrogen) atoms. The van der Waals surface area contributed by atoms with Crippen molar-refractivity contribution in [2.45, 2.75) is 19.0 Å². The number of nitrogens with two attached hydrogens (primary N) is 1. The maximum absolute atomic E-state index is 5.77. The molecular weight excluding hydrogens is 258 g/mol. The van der Waals surface area contributed by atoms with Crippen LogP contribution in [0.4, 0.5) is 5.82 Å². The van der Waals surface area contributed by atoms with Gasteiger partial charge in [0.1, 0.15) is 11.8 Å². The van der Waals surface area contributed by atoms with Crippen LogP contribution >= 0.6 is 11.8 Å². The predicted octanol–water partition coefficient (Wildman–Crippen LogP) is 3.06. The van der Waals surface area contributed by atoms with Crippen LogP contribution in [0.15, 0.2) is 46.8 Å². The largest absolute Gasteiger partial charge is 0.382 e. The molecule has 2 heterocycles. The number of allylic oxidation sites excluding steroid dienone is 5. The molecule has 2 aromatic heterocycles. The summed E-state index contributed by atoms with van der Waals surface area (Å²) in [5, 5.41) is 0.746. The van der Waals surface area contributed by atoms with Gasteiger partial charge in [-0.3, -0.25) is 0 Å².